The zero-order valence-electron chi connectivity index (χ0n) is 12.1. The van der Waals surface area contributed by atoms with Crippen molar-refractivity contribution in [3.63, 3.8) is 0 Å². The summed E-state index contributed by atoms with van der Waals surface area (Å²) in [5, 5.41) is 0. The molecular formula is C16H25BrN2. The molecule has 0 spiro atoms. The van der Waals surface area contributed by atoms with Gasteiger partial charge in [0.15, 0.2) is 0 Å². The molecule has 2 rings (SSSR count). The Morgan fingerprint density at radius 1 is 1.42 bits per heavy atom. The van der Waals surface area contributed by atoms with E-state index in [1.165, 1.54) is 16.5 Å². The first-order valence-corrected chi connectivity index (χ1v) is 8.04. The van der Waals surface area contributed by atoms with Crippen molar-refractivity contribution in [2.45, 2.75) is 38.8 Å². The van der Waals surface area contributed by atoms with E-state index < -0.39 is 0 Å². The molecule has 0 saturated heterocycles. The summed E-state index contributed by atoms with van der Waals surface area (Å²) in [6, 6.07) is 8.94. The molecule has 0 bridgehead atoms. The number of halogens is 1. The van der Waals surface area contributed by atoms with E-state index in [1.807, 2.05) is 0 Å². The van der Waals surface area contributed by atoms with Gasteiger partial charge >= 0.3 is 0 Å². The molecule has 1 aliphatic carbocycles. The SMILES string of the molecule is CCC(N)C(c1ccccc1Br)N(C)CC1CC1C. The maximum Gasteiger partial charge on any atom is 0.0507 e. The van der Waals surface area contributed by atoms with Crippen molar-refractivity contribution in [2.24, 2.45) is 17.6 Å². The molecule has 0 heterocycles. The summed E-state index contributed by atoms with van der Waals surface area (Å²) < 4.78 is 1.17. The van der Waals surface area contributed by atoms with Crippen LogP contribution in [-0.2, 0) is 0 Å². The van der Waals surface area contributed by atoms with E-state index in [2.05, 4.69) is 66.0 Å². The normalized spacial score (nSPS) is 25.4. The molecule has 1 aromatic rings. The maximum atomic E-state index is 6.39. The Kier molecular flexibility index (Phi) is 5.04. The van der Waals surface area contributed by atoms with E-state index in [1.54, 1.807) is 0 Å². The predicted octanol–water partition coefficient (Wildman–Crippen LogP) is 3.82. The Hall–Kier alpha value is -0.380. The second-order valence-corrected chi connectivity index (χ2v) is 6.81. The van der Waals surface area contributed by atoms with Gasteiger partial charge in [-0.25, -0.2) is 0 Å². The van der Waals surface area contributed by atoms with E-state index in [4.69, 9.17) is 5.73 Å². The fourth-order valence-corrected chi connectivity index (χ4v) is 3.39. The monoisotopic (exact) mass is 324 g/mol. The number of likely N-dealkylation sites (N-methyl/N-ethyl adjacent to an activating group) is 1. The molecule has 2 N–H and O–H groups in total. The first-order chi connectivity index (χ1) is 9.04. The number of hydrogen-bond donors (Lipinski definition) is 1. The Morgan fingerprint density at radius 2 is 2.05 bits per heavy atom. The summed E-state index contributed by atoms with van der Waals surface area (Å²) in [6.45, 7) is 5.66. The lowest BCUT2D eigenvalue weighted by atomic mass is 9.96. The van der Waals surface area contributed by atoms with E-state index >= 15 is 0 Å². The van der Waals surface area contributed by atoms with Gasteiger partial charge in [0.05, 0.1) is 6.04 Å². The average Bonchev–Trinajstić information content (AvgIpc) is 3.07. The molecule has 0 radical (unpaired) electrons. The molecule has 0 amide bonds. The summed E-state index contributed by atoms with van der Waals surface area (Å²) in [7, 11) is 2.21. The molecule has 1 aromatic carbocycles. The van der Waals surface area contributed by atoms with Gasteiger partial charge in [0, 0.05) is 17.1 Å². The first kappa shape index (κ1) is 15.0. The largest absolute Gasteiger partial charge is 0.326 e. The molecule has 4 atom stereocenters. The number of nitrogens with two attached hydrogens (primary N) is 1. The summed E-state index contributed by atoms with van der Waals surface area (Å²) in [6.07, 6.45) is 2.37. The highest BCUT2D eigenvalue weighted by Gasteiger charge is 2.36. The second kappa shape index (κ2) is 6.38. The van der Waals surface area contributed by atoms with Gasteiger partial charge in [-0.1, -0.05) is 48.0 Å². The fraction of sp³-hybridized carbons (Fsp3) is 0.625. The van der Waals surface area contributed by atoms with Crippen LogP contribution in [-0.4, -0.2) is 24.5 Å². The van der Waals surface area contributed by atoms with Crippen molar-refractivity contribution in [3.8, 4) is 0 Å². The molecule has 4 unspecified atom stereocenters. The first-order valence-electron chi connectivity index (χ1n) is 7.24. The van der Waals surface area contributed by atoms with Crippen molar-refractivity contribution in [1.29, 1.82) is 0 Å². The van der Waals surface area contributed by atoms with Gasteiger partial charge in [0.1, 0.15) is 0 Å². The third-order valence-electron chi connectivity index (χ3n) is 4.37. The van der Waals surface area contributed by atoms with Crippen LogP contribution < -0.4 is 5.73 Å². The van der Waals surface area contributed by atoms with Crippen LogP contribution in [0.15, 0.2) is 28.7 Å². The minimum Gasteiger partial charge on any atom is -0.326 e. The number of benzene rings is 1. The molecule has 1 fully saturated rings. The predicted molar refractivity (Wildman–Crippen MR) is 85.1 cm³/mol. The Bertz CT molecular complexity index is 421. The summed E-state index contributed by atoms with van der Waals surface area (Å²) in [5.41, 5.74) is 7.70. The minimum atomic E-state index is 0.178. The van der Waals surface area contributed by atoms with Crippen LogP contribution in [0.25, 0.3) is 0 Å². The van der Waals surface area contributed by atoms with Crippen LogP contribution in [0.2, 0.25) is 0 Å². The van der Waals surface area contributed by atoms with Crippen molar-refractivity contribution >= 4 is 15.9 Å². The van der Waals surface area contributed by atoms with Gasteiger partial charge in [-0.15, -0.1) is 0 Å². The summed E-state index contributed by atoms with van der Waals surface area (Å²) >= 11 is 3.67. The molecule has 106 valence electrons. The molecule has 2 nitrogen and oxygen atoms in total. The fourth-order valence-electron chi connectivity index (χ4n) is 2.87. The van der Waals surface area contributed by atoms with Gasteiger partial charge in [-0.3, -0.25) is 4.90 Å². The number of rotatable bonds is 6. The van der Waals surface area contributed by atoms with Crippen LogP contribution in [0, 0.1) is 11.8 Å². The van der Waals surface area contributed by atoms with Crippen LogP contribution in [0.5, 0.6) is 0 Å². The molecule has 0 aliphatic heterocycles. The van der Waals surface area contributed by atoms with Crippen molar-refractivity contribution in [3.05, 3.63) is 34.3 Å². The second-order valence-electron chi connectivity index (χ2n) is 5.95. The quantitative estimate of drug-likeness (QED) is 0.862. The number of nitrogens with zero attached hydrogens (tertiary/aromatic N) is 1. The summed E-state index contributed by atoms with van der Waals surface area (Å²) in [4.78, 5) is 2.45. The van der Waals surface area contributed by atoms with Gasteiger partial charge in [0.25, 0.3) is 0 Å². The highest BCUT2D eigenvalue weighted by atomic mass is 79.9. The lowest BCUT2D eigenvalue weighted by Gasteiger charge is -2.33. The van der Waals surface area contributed by atoms with Crippen LogP contribution in [0.4, 0.5) is 0 Å². The standard InChI is InChI=1S/C16H25BrN2/c1-4-15(18)16(13-7-5-6-8-14(13)17)19(3)10-12-9-11(12)2/h5-8,11-12,15-16H,4,9-10,18H2,1-3H3. The molecule has 0 aromatic heterocycles. The molecule has 1 saturated carbocycles. The van der Waals surface area contributed by atoms with Gasteiger partial charge < -0.3 is 5.73 Å². The molecular weight excluding hydrogens is 300 g/mol. The van der Waals surface area contributed by atoms with Gasteiger partial charge in [-0.05, 0) is 43.4 Å². The zero-order chi connectivity index (χ0) is 14.0. The Morgan fingerprint density at radius 3 is 2.58 bits per heavy atom. The molecule has 19 heavy (non-hydrogen) atoms. The van der Waals surface area contributed by atoms with Crippen molar-refractivity contribution < 1.29 is 0 Å². The maximum absolute atomic E-state index is 6.39. The van der Waals surface area contributed by atoms with Gasteiger partial charge in [-0.2, -0.15) is 0 Å². The smallest absolute Gasteiger partial charge is 0.0507 e. The van der Waals surface area contributed by atoms with E-state index in [-0.39, 0.29) is 6.04 Å². The Balaban J connectivity index is 2.18. The zero-order valence-corrected chi connectivity index (χ0v) is 13.7. The highest BCUT2D eigenvalue weighted by Crippen LogP contribution is 2.40. The average molecular weight is 325 g/mol. The molecule has 1 aliphatic rings. The van der Waals surface area contributed by atoms with Crippen LogP contribution >= 0.6 is 15.9 Å². The minimum absolute atomic E-state index is 0.178. The van der Waals surface area contributed by atoms with Gasteiger partial charge in [0.2, 0.25) is 0 Å². The van der Waals surface area contributed by atoms with Crippen LogP contribution in [0.3, 0.4) is 0 Å². The Labute approximate surface area is 125 Å². The lowest BCUT2D eigenvalue weighted by molar-refractivity contribution is 0.198. The summed E-state index contributed by atoms with van der Waals surface area (Å²) in [5.74, 6) is 1.75. The van der Waals surface area contributed by atoms with E-state index in [0.29, 0.717) is 6.04 Å². The molecule has 3 heteroatoms. The van der Waals surface area contributed by atoms with Crippen LogP contribution in [0.1, 0.15) is 38.3 Å². The van der Waals surface area contributed by atoms with E-state index in [0.717, 1.165) is 24.8 Å². The topological polar surface area (TPSA) is 29.3 Å². The van der Waals surface area contributed by atoms with E-state index in [9.17, 15) is 0 Å². The third kappa shape index (κ3) is 3.59. The highest BCUT2D eigenvalue weighted by molar-refractivity contribution is 9.10. The van der Waals surface area contributed by atoms with Crippen molar-refractivity contribution in [2.75, 3.05) is 13.6 Å². The lowest BCUT2D eigenvalue weighted by Crippen LogP contribution is -2.40. The number of hydrogen-bond acceptors (Lipinski definition) is 2. The third-order valence-corrected chi connectivity index (χ3v) is 5.10. The van der Waals surface area contributed by atoms with Crippen molar-refractivity contribution in [1.82, 2.24) is 4.90 Å².